The minimum atomic E-state index is -0.972. The van der Waals surface area contributed by atoms with Gasteiger partial charge in [-0.15, -0.1) is 0 Å². The van der Waals surface area contributed by atoms with E-state index in [2.05, 4.69) is 12.6 Å². The molecular formula is C10H13ClO2S. The van der Waals surface area contributed by atoms with Crippen LogP contribution in [0.15, 0.2) is 18.2 Å². The topological polar surface area (TPSA) is 40.5 Å². The number of hydrogen-bond donors (Lipinski definition) is 3. The summed E-state index contributed by atoms with van der Waals surface area (Å²) in [5.74, 6) is 0.200. The fourth-order valence-electron chi connectivity index (χ4n) is 1.21. The Balaban J connectivity index is 3.01. The molecule has 0 aliphatic heterocycles. The molecule has 1 aromatic carbocycles. The first-order valence-electron chi connectivity index (χ1n) is 4.30. The third kappa shape index (κ3) is 2.42. The number of benzene rings is 1. The van der Waals surface area contributed by atoms with Crippen LogP contribution in [0.25, 0.3) is 0 Å². The Morgan fingerprint density at radius 3 is 2.64 bits per heavy atom. The molecule has 0 aromatic heterocycles. The summed E-state index contributed by atoms with van der Waals surface area (Å²) in [6, 6.07) is 5.35. The summed E-state index contributed by atoms with van der Waals surface area (Å²) in [6.45, 7) is 1.85. The van der Waals surface area contributed by atoms with Crippen LogP contribution in [-0.4, -0.2) is 22.1 Å². The van der Waals surface area contributed by atoms with E-state index in [1.165, 1.54) is 0 Å². The number of rotatable bonds is 3. The van der Waals surface area contributed by atoms with Gasteiger partial charge in [-0.25, -0.2) is 0 Å². The summed E-state index contributed by atoms with van der Waals surface area (Å²) < 4.78 is 0. The van der Waals surface area contributed by atoms with Gasteiger partial charge in [0.15, 0.2) is 0 Å². The van der Waals surface area contributed by atoms with Gasteiger partial charge in [0.2, 0.25) is 0 Å². The molecule has 14 heavy (non-hydrogen) atoms. The summed E-state index contributed by atoms with van der Waals surface area (Å²) in [7, 11) is 0. The van der Waals surface area contributed by atoms with Crippen LogP contribution in [-0.2, 0) is 0 Å². The maximum Gasteiger partial charge on any atom is 0.107 e. The van der Waals surface area contributed by atoms with Crippen molar-refractivity contribution in [3.05, 3.63) is 34.3 Å². The van der Waals surface area contributed by atoms with Crippen molar-refractivity contribution in [2.45, 2.75) is 19.1 Å². The van der Waals surface area contributed by atoms with Gasteiger partial charge in [-0.2, -0.15) is 12.6 Å². The van der Waals surface area contributed by atoms with Crippen molar-refractivity contribution in [2.24, 2.45) is 0 Å². The van der Waals surface area contributed by atoms with E-state index in [0.717, 1.165) is 5.56 Å². The van der Waals surface area contributed by atoms with Crippen molar-refractivity contribution in [3.63, 3.8) is 0 Å². The van der Waals surface area contributed by atoms with E-state index in [0.29, 0.717) is 10.6 Å². The van der Waals surface area contributed by atoms with E-state index in [1.807, 2.05) is 13.0 Å². The van der Waals surface area contributed by atoms with Crippen LogP contribution in [0, 0.1) is 6.92 Å². The van der Waals surface area contributed by atoms with E-state index in [-0.39, 0.29) is 5.75 Å². The molecule has 2 nitrogen and oxygen atoms in total. The molecule has 0 amide bonds. The lowest BCUT2D eigenvalue weighted by molar-refractivity contribution is 0.0338. The molecule has 0 aliphatic rings. The quantitative estimate of drug-likeness (QED) is 0.698. The Kier molecular flexibility index (Phi) is 4.26. The number of hydrogen-bond acceptors (Lipinski definition) is 3. The molecule has 2 unspecified atom stereocenters. The van der Waals surface area contributed by atoms with Crippen molar-refractivity contribution in [1.29, 1.82) is 0 Å². The van der Waals surface area contributed by atoms with Gasteiger partial charge in [0.1, 0.15) is 6.10 Å². The Bertz CT molecular complexity index is 317. The lowest BCUT2D eigenvalue weighted by Crippen LogP contribution is -2.20. The Labute approximate surface area is 93.9 Å². The molecular weight excluding hydrogens is 220 g/mol. The molecule has 78 valence electrons. The molecule has 0 radical (unpaired) electrons. The van der Waals surface area contributed by atoms with Crippen LogP contribution in [0.5, 0.6) is 0 Å². The van der Waals surface area contributed by atoms with Gasteiger partial charge in [0.05, 0.1) is 6.10 Å². The first-order valence-corrected chi connectivity index (χ1v) is 5.31. The van der Waals surface area contributed by atoms with E-state index in [1.54, 1.807) is 12.1 Å². The second-order valence-corrected chi connectivity index (χ2v) is 3.92. The van der Waals surface area contributed by atoms with Gasteiger partial charge in [-0.05, 0) is 12.5 Å². The SMILES string of the molecule is Cc1cccc(C(O)C(O)CS)c1Cl. The molecule has 0 fully saturated rings. The normalized spacial score (nSPS) is 15.2. The van der Waals surface area contributed by atoms with Gasteiger partial charge >= 0.3 is 0 Å². The first kappa shape index (κ1) is 11.9. The Hall–Kier alpha value is -0.220. The maximum atomic E-state index is 9.71. The Morgan fingerprint density at radius 1 is 1.43 bits per heavy atom. The molecule has 4 heteroatoms. The lowest BCUT2D eigenvalue weighted by Gasteiger charge is -2.18. The second kappa shape index (κ2) is 5.03. The van der Waals surface area contributed by atoms with Crippen molar-refractivity contribution in [3.8, 4) is 0 Å². The monoisotopic (exact) mass is 232 g/mol. The van der Waals surface area contributed by atoms with Crippen molar-refractivity contribution >= 4 is 24.2 Å². The summed E-state index contributed by atoms with van der Waals surface area (Å²) >= 11 is 9.91. The molecule has 1 rings (SSSR count). The standard InChI is InChI=1S/C10H13ClO2S/c1-6-3-2-4-7(9(6)11)10(13)8(12)5-14/h2-4,8,10,12-14H,5H2,1H3. The maximum absolute atomic E-state index is 9.71. The fraction of sp³-hybridized carbons (Fsp3) is 0.400. The number of thiol groups is 1. The zero-order valence-electron chi connectivity index (χ0n) is 7.81. The number of aliphatic hydroxyl groups excluding tert-OH is 2. The minimum Gasteiger partial charge on any atom is -0.389 e. The molecule has 0 saturated heterocycles. The summed E-state index contributed by atoms with van der Waals surface area (Å²) in [6.07, 6.45) is -1.86. The number of aryl methyl sites for hydroxylation is 1. The van der Waals surface area contributed by atoms with E-state index < -0.39 is 12.2 Å². The van der Waals surface area contributed by atoms with Crippen molar-refractivity contribution < 1.29 is 10.2 Å². The zero-order chi connectivity index (χ0) is 10.7. The number of halogens is 1. The molecule has 0 heterocycles. The third-order valence-electron chi connectivity index (χ3n) is 2.09. The van der Waals surface area contributed by atoms with E-state index in [4.69, 9.17) is 11.6 Å². The minimum absolute atomic E-state index is 0.200. The fourth-order valence-corrected chi connectivity index (χ4v) is 1.64. The molecule has 1 aromatic rings. The van der Waals surface area contributed by atoms with Gasteiger partial charge in [0.25, 0.3) is 0 Å². The summed E-state index contributed by atoms with van der Waals surface area (Å²) in [5, 5.41) is 19.6. The largest absolute Gasteiger partial charge is 0.389 e. The second-order valence-electron chi connectivity index (χ2n) is 3.17. The Morgan fingerprint density at radius 2 is 2.07 bits per heavy atom. The molecule has 2 N–H and O–H groups in total. The van der Waals surface area contributed by atoms with Crippen LogP contribution >= 0.6 is 24.2 Å². The van der Waals surface area contributed by atoms with Crippen LogP contribution in [0.3, 0.4) is 0 Å². The highest BCUT2D eigenvalue weighted by Crippen LogP contribution is 2.28. The van der Waals surface area contributed by atoms with Crippen LogP contribution in [0.2, 0.25) is 5.02 Å². The molecule has 0 spiro atoms. The molecule has 0 saturated carbocycles. The van der Waals surface area contributed by atoms with Crippen LogP contribution < -0.4 is 0 Å². The number of aliphatic hydroxyl groups is 2. The highest BCUT2D eigenvalue weighted by atomic mass is 35.5. The molecule has 0 aliphatic carbocycles. The average molecular weight is 233 g/mol. The molecule has 2 atom stereocenters. The van der Waals surface area contributed by atoms with Crippen LogP contribution in [0.4, 0.5) is 0 Å². The highest BCUT2D eigenvalue weighted by Gasteiger charge is 2.19. The van der Waals surface area contributed by atoms with E-state index in [9.17, 15) is 10.2 Å². The summed E-state index contributed by atoms with van der Waals surface area (Å²) in [4.78, 5) is 0. The zero-order valence-corrected chi connectivity index (χ0v) is 9.46. The van der Waals surface area contributed by atoms with Gasteiger partial charge in [-0.3, -0.25) is 0 Å². The van der Waals surface area contributed by atoms with Gasteiger partial charge < -0.3 is 10.2 Å². The highest BCUT2D eigenvalue weighted by molar-refractivity contribution is 7.80. The van der Waals surface area contributed by atoms with E-state index >= 15 is 0 Å². The smallest absolute Gasteiger partial charge is 0.107 e. The van der Waals surface area contributed by atoms with Crippen molar-refractivity contribution in [2.75, 3.05) is 5.75 Å². The molecule has 0 bridgehead atoms. The average Bonchev–Trinajstić information content (AvgIpc) is 2.20. The van der Waals surface area contributed by atoms with Crippen LogP contribution in [0.1, 0.15) is 17.2 Å². The van der Waals surface area contributed by atoms with Crippen molar-refractivity contribution in [1.82, 2.24) is 0 Å². The lowest BCUT2D eigenvalue weighted by atomic mass is 10.0. The third-order valence-corrected chi connectivity index (χ3v) is 2.98. The first-order chi connectivity index (χ1) is 6.57. The summed E-state index contributed by atoms with van der Waals surface area (Å²) in [5.41, 5.74) is 1.43. The predicted octanol–water partition coefficient (Wildman–Crippen LogP) is 1.97. The van der Waals surface area contributed by atoms with Gasteiger partial charge in [0, 0.05) is 16.3 Å². The van der Waals surface area contributed by atoms with Gasteiger partial charge in [-0.1, -0.05) is 29.8 Å². The predicted molar refractivity (Wildman–Crippen MR) is 61.0 cm³/mol.